The summed E-state index contributed by atoms with van der Waals surface area (Å²) in [5.41, 5.74) is 7.83. The largest absolute Gasteiger partial charge is 0.493 e. The van der Waals surface area contributed by atoms with Crippen LogP contribution in [0, 0.1) is 5.92 Å². The van der Waals surface area contributed by atoms with Gasteiger partial charge in [-0.05, 0) is 31.1 Å². The highest BCUT2D eigenvalue weighted by Crippen LogP contribution is 2.29. The first kappa shape index (κ1) is 12.2. The molecule has 1 atom stereocenters. The average molecular weight is 234 g/mol. The lowest BCUT2D eigenvalue weighted by atomic mass is 9.96. The second kappa shape index (κ2) is 5.41. The van der Waals surface area contributed by atoms with Crippen molar-refractivity contribution in [1.29, 1.82) is 0 Å². The van der Waals surface area contributed by atoms with E-state index in [0.717, 1.165) is 44.1 Å². The second-order valence-corrected chi connectivity index (χ2v) is 4.73. The molecule has 1 aliphatic rings. The number of nitrogen functional groups attached to an aromatic ring is 1. The SMILES string of the molecule is CCN(CC)CC1COc2cc(N)ccc2C1. The van der Waals surface area contributed by atoms with Crippen molar-refractivity contribution in [1.82, 2.24) is 4.90 Å². The molecular weight excluding hydrogens is 212 g/mol. The highest BCUT2D eigenvalue weighted by molar-refractivity contribution is 5.49. The van der Waals surface area contributed by atoms with Gasteiger partial charge in [0.05, 0.1) is 6.61 Å². The number of fused-ring (bicyclic) bond motifs is 1. The summed E-state index contributed by atoms with van der Waals surface area (Å²) in [6.07, 6.45) is 1.10. The number of hydrogen-bond donors (Lipinski definition) is 1. The smallest absolute Gasteiger partial charge is 0.124 e. The van der Waals surface area contributed by atoms with Gasteiger partial charge in [-0.3, -0.25) is 0 Å². The molecule has 2 rings (SSSR count). The van der Waals surface area contributed by atoms with E-state index in [-0.39, 0.29) is 0 Å². The topological polar surface area (TPSA) is 38.5 Å². The standard InChI is InChI=1S/C14H22N2O/c1-3-16(4-2)9-11-7-12-5-6-13(15)8-14(12)17-10-11/h5-6,8,11H,3-4,7,9-10,15H2,1-2H3. The van der Waals surface area contributed by atoms with Crippen molar-refractivity contribution in [2.45, 2.75) is 20.3 Å². The summed E-state index contributed by atoms with van der Waals surface area (Å²) in [6, 6.07) is 5.99. The molecule has 3 nitrogen and oxygen atoms in total. The molecule has 1 heterocycles. The lowest BCUT2D eigenvalue weighted by molar-refractivity contribution is 0.167. The van der Waals surface area contributed by atoms with Gasteiger partial charge < -0.3 is 15.4 Å². The summed E-state index contributed by atoms with van der Waals surface area (Å²) < 4.78 is 5.80. The third-order valence-electron chi connectivity index (χ3n) is 3.49. The van der Waals surface area contributed by atoms with Gasteiger partial charge in [0.15, 0.2) is 0 Å². The molecule has 1 aliphatic heterocycles. The Labute approximate surface area is 104 Å². The summed E-state index contributed by atoms with van der Waals surface area (Å²) in [5.74, 6) is 1.58. The van der Waals surface area contributed by atoms with Crippen LogP contribution in [0.3, 0.4) is 0 Å². The Morgan fingerprint density at radius 1 is 1.35 bits per heavy atom. The molecule has 0 saturated heterocycles. The molecule has 0 spiro atoms. The Hall–Kier alpha value is -1.22. The molecule has 0 radical (unpaired) electrons. The van der Waals surface area contributed by atoms with Crippen LogP contribution < -0.4 is 10.5 Å². The second-order valence-electron chi connectivity index (χ2n) is 4.73. The molecule has 17 heavy (non-hydrogen) atoms. The van der Waals surface area contributed by atoms with Gasteiger partial charge in [0, 0.05) is 24.2 Å². The molecule has 0 aliphatic carbocycles. The van der Waals surface area contributed by atoms with Gasteiger partial charge in [-0.25, -0.2) is 0 Å². The summed E-state index contributed by atoms with van der Waals surface area (Å²) >= 11 is 0. The van der Waals surface area contributed by atoms with Crippen molar-refractivity contribution in [2.75, 3.05) is 32.0 Å². The zero-order chi connectivity index (χ0) is 12.3. The van der Waals surface area contributed by atoms with E-state index in [1.54, 1.807) is 0 Å². The minimum Gasteiger partial charge on any atom is -0.493 e. The molecule has 1 aromatic rings. The monoisotopic (exact) mass is 234 g/mol. The lowest BCUT2D eigenvalue weighted by Crippen LogP contribution is -2.34. The molecule has 2 N–H and O–H groups in total. The predicted octanol–water partition coefficient (Wildman–Crippen LogP) is 2.16. The van der Waals surface area contributed by atoms with E-state index in [4.69, 9.17) is 10.5 Å². The quantitative estimate of drug-likeness (QED) is 0.811. The Bertz CT molecular complexity index is 374. The minimum atomic E-state index is 0.603. The minimum absolute atomic E-state index is 0.603. The third-order valence-corrected chi connectivity index (χ3v) is 3.49. The fourth-order valence-corrected chi connectivity index (χ4v) is 2.42. The molecule has 0 aromatic heterocycles. The van der Waals surface area contributed by atoms with Crippen LogP contribution in [0.1, 0.15) is 19.4 Å². The summed E-state index contributed by atoms with van der Waals surface area (Å²) in [7, 11) is 0. The number of nitrogens with two attached hydrogens (primary N) is 1. The van der Waals surface area contributed by atoms with Gasteiger partial charge in [-0.15, -0.1) is 0 Å². The number of ether oxygens (including phenoxy) is 1. The molecule has 0 amide bonds. The van der Waals surface area contributed by atoms with Gasteiger partial charge in [0.25, 0.3) is 0 Å². The third kappa shape index (κ3) is 2.91. The maximum Gasteiger partial charge on any atom is 0.124 e. The molecule has 0 bridgehead atoms. The van der Waals surface area contributed by atoms with E-state index in [1.807, 2.05) is 12.1 Å². The van der Waals surface area contributed by atoms with Crippen molar-refractivity contribution in [2.24, 2.45) is 5.92 Å². The van der Waals surface area contributed by atoms with E-state index >= 15 is 0 Å². The molecule has 3 heteroatoms. The van der Waals surface area contributed by atoms with Crippen LogP contribution in [0.5, 0.6) is 5.75 Å². The summed E-state index contributed by atoms with van der Waals surface area (Å²) in [5, 5.41) is 0. The van der Waals surface area contributed by atoms with Crippen molar-refractivity contribution in [3.05, 3.63) is 23.8 Å². The normalized spacial score (nSPS) is 18.9. The summed E-state index contributed by atoms with van der Waals surface area (Å²) in [4.78, 5) is 2.45. The van der Waals surface area contributed by atoms with Crippen LogP contribution >= 0.6 is 0 Å². The number of anilines is 1. The van der Waals surface area contributed by atoms with Gasteiger partial charge in [-0.1, -0.05) is 19.9 Å². The number of benzene rings is 1. The number of rotatable bonds is 4. The molecule has 94 valence electrons. The zero-order valence-electron chi connectivity index (χ0n) is 10.8. The Balaban J connectivity index is 2.01. The van der Waals surface area contributed by atoms with Crippen LogP contribution in [-0.4, -0.2) is 31.1 Å². The van der Waals surface area contributed by atoms with Gasteiger partial charge in [0.2, 0.25) is 0 Å². The van der Waals surface area contributed by atoms with Crippen LogP contribution in [0.15, 0.2) is 18.2 Å². The predicted molar refractivity (Wildman–Crippen MR) is 71.3 cm³/mol. The van der Waals surface area contributed by atoms with E-state index in [2.05, 4.69) is 24.8 Å². The Kier molecular flexibility index (Phi) is 3.89. The van der Waals surface area contributed by atoms with Crippen LogP contribution in [0.4, 0.5) is 5.69 Å². The Morgan fingerprint density at radius 2 is 2.12 bits per heavy atom. The molecule has 1 aromatic carbocycles. The molecule has 1 unspecified atom stereocenters. The van der Waals surface area contributed by atoms with E-state index in [9.17, 15) is 0 Å². The highest BCUT2D eigenvalue weighted by atomic mass is 16.5. The maximum absolute atomic E-state index is 5.80. The van der Waals surface area contributed by atoms with Crippen molar-refractivity contribution >= 4 is 5.69 Å². The van der Waals surface area contributed by atoms with Gasteiger partial charge in [-0.2, -0.15) is 0 Å². The first-order valence-electron chi connectivity index (χ1n) is 6.46. The van der Waals surface area contributed by atoms with E-state index in [0.29, 0.717) is 5.92 Å². The van der Waals surface area contributed by atoms with E-state index < -0.39 is 0 Å². The number of hydrogen-bond acceptors (Lipinski definition) is 3. The zero-order valence-corrected chi connectivity index (χ0v) is 10.8. The maximum atomic E-state index is 5.80. The van der Waals surface area contributed by atoms with Crippen LogP contribution in [-0.2, 0) is 6.42 Å². The van der Waals surface area contributed by atoms with Crippen molar-refractivity contribution in [3.8, 4) is 5.75 Å². The van der Waals surface area contributed by atoms with E-state index in [1.165, 1.54) is 5.56 Å². The van der Waals surface area contributed by atoms with Crippen LogP contribution in [0.25, 0.3) is 0 Å². The van der Waals surface area contributed by atoms with Crippen molar-refractivity contribution in [3.63, 3.8) is 0 Å². The number of nitrogens with zero attached hydrogens (tertiary/aromatic N) is 1. The molecule has 0 fully saturated rings. The average Bonchev–Trinajstić information content (AvgIpc) is 2.36. The van der Waals surface area contributed by atoms with Crippen LogP contribution in [0.2, 0.25) is 0 Å². The fourth-order valence-electron chi connectivity index (χ4n) is 2.42. The first-order chi connectivity index (χ1) is 8.22. The highest BCUT2D eigenvalue weighted by Gasteiger charge is 2.21. The lowest BCUT2D eigenvalue weighted by Gasteiger charge is -2.29. The molecular formula is C14H22N2O. The summed E-state index contributed by atoms with van der Waals surface area (Å²) in [6.45, 7) is 8.58. The van der Waals surface area contributed by atoms with Gasteiger partial charge in [0.1, 0.15) is 5.75 Å². The van der Waals surface area contributed by atoms with Crippen molar-refractivity contribution < 1.29 is 4.74 Å². The Morgan fingerprint density at radius 3 is 2.82 bits per heavy atom. The first-order valence-corrected chi connectivity index (χ1v) is 6.46. The van der Waals surface area contributed by atoms with Gasteiger partial charge >= 0.3 is 0 Å². The molecule has 0 saturated carbocycles. The fraction of sp³-hybridized carbons (Fsp3) is 0.571.